The molecule has 0 aliphatic carbocycles. The fourth-order valence-electron chi connectivity index (χ4n) is 2.68. The Labute approximate surface area is 164 Å². The lowest BCUT2D eigenvalue weighted by Crippen LogP contribution is -2.04. The van der Waals surface area contributed by atoms with Crippen LogP contribution in [0.4, 0.5) is 5.69 Å². The van der Waals surface area contributed by atoms with E-state index in [1.54, 1.807) is 45.4 Å². The third kappa shape index (κ3) is 4.68. The van der Waals surface area contributed by atoms with E-state index >= 15 is 0 Å². The quantitative estimate of drug-likeness (QED) is 0.516. The highest BCUT2D eigenvalue weighted by Crippen LogP contribution is 2.38. The molecule has 0 aliphatic rings. The number of anilines is 1. The van der Waals surface area contributed by atoms with Crippen molar-refractivity contribution in [1.82, 2.24) is 0 Å². The largest absolute Gasteiger partial charge is 0.493 e. The second-order valence-corrected chi connectivity index (χ2v) is 5.80. The minimum Gasteiger partial charge on any atom is -0.493 e. The van der Waals surface area contributed by atoms with Crippen molar-refractivity contribution in [3.63, 3.8) is 0 Å². The average Bonchev–Trinajstić information content (AvgIpc) is 2.72. The molecule has 0 unspecified atom stereocenters. The van der Waals surface area contributed by atoms with Gasteiger partial charge in [0.25, 0.3) is 0 Å². The van der Waals surface area contributed by atoms with Gasteiger partial charge >= 0.3 is 0 Å². The van der Waals surface area contributed by atoms with E-state index in [4.69, 9.17) is 23.7 Å². The van der Waals surface area contributed by atoms with E-state index in [0.717, 1.165) is 5.69 Å². The predicted molar refractivity (Wildman–Crippen MR) is 107 cm³/mol. The Morgan fingerprint density at radius 2 is 1.36 bits per heavy atom. The van der Waals surface area contributed by atoms with Gasteiger partial charge in [-0.2, -0.15) is 0 Å². The minimum atomic E-state index is -0.204. The van der Waals surface area contributed by atoms with E-state index in [1.165, 1.54) is 27.4 Å². The summed E-state index contributed by atoms with van der Waals surface area (Å²) in [6.07, 6.45) is 1.50. The topological polar surface area (TPSA) is 75.3 Å². The first-order valence-electron chi connectivity index (χ1n) is 8.49. The molecule has 0 aromatic heterocycles. The van der Waals surface area contributed by atoms with Crippen LogP contribution in [0.15, 0.2) is 42.1 Å². The second kappa shape index (κ2) is 9.55. The number of hydrogen-bond acceptors (Lipinski definition) is 7. The van der Waals surface area contributed by atoms with Gasteiger partial charge in [0.2, 0.25) is 5.75 Å². The van der Waals surface area contributed by atoms with E-state index in [-0.39, 0.29) is 5.78 Å². The van der Waals surface area contributed by atoms with Gasteiger partial charge < -0.3 is 29.0 Å². The predicted octanol–water partition coefficient (Wildman–Crippen LogP) is 3.93. The van der Waals surface area contributed by atoms with Crippen LogP contribution in [0.1, 0.15) is 17.3 Å². The van der Waals surface area contributed by atoms with Gasteiger partial charge in [-0.3, -0.25) is 4.79 Å². The van der Waals surface area contributed by atoms with Crippen LogP contribution in [-0.4, -0.2) is 41.3 Å². The molecule has 0 fully saturated rings. The molecular formula is C21H25NO6. The Hall–Kier alpha value is -3.35. The number of hydrogen-bond donors (Lipinski definition) is 1. The van der Waals surface area contributed by atoms with Crippen LogP contribution in [0.2, 0.25) is 0 Å². The van der Waals surface area contributed by atoms with Gasteiger partial charge in [-0.25, -0.2) is 0 Å². The smallest absolute Gasteiger partial charge is 0.203 e. The number of benzene rings is 2. The van der Waals surface area contributed by atoms with E-state index in [2.05, 4.69) is 5.32 Å². The van der Waals surface area contributed by atoms with Gasteiger partial charge in [0.05, 0.1) is 35.5 Å². The molecule has 7 heteroatoms. The Kier molecular flexibility index (Phi) is 7.14. The van der Waals surface area contributed by atoms with Crippen LogP contribution in [0, 0.1) is 0 Å². The summed E-state index contributed by atoms with van der Waals surface area (Å²) < 4.78 is 26.4. The summed E-state index contributed by atoms with van der Waals surface area (Å²) in [5.41, 5.74) is 1.85. The van der Waals surface area contributed by atoms with Gasteiger partial charge in [0.15, 0.2) is 28.8 Å². The molecule has 150 valence electrons. The molecule has 0 amide bonds. The summed E-state index contributed by atoms with van der Waals surface area (Å²) in [6, 6.07) is 8.64. The van der Waals surface area contributed by atoms with Crippen molar-refractivity contribution >= 4 is 11.5 Å². The van der Waals surface area contributed by atoms with Crippen molar-refractivity contribution in [3.05, 3.63) is 47.7 Å². The summed E-state index contributed by atoms with van der Waals surface area (Å²) in [7, 11) is 7.67. The van der Waals surface area contributed by atoms with Crippen molar-refractivity contribution < 1.29 is 28.5 Å². The van der Waals surface area contributed by atoms with Crippen LogP contribution < -0.4 is 29.0 Å². The number of ketones is 1. The lowest BCUT2D eigenvalue weighted by Gasteiger charge is -2.13. The number of carbonyl (C=O) groups excluding carboxylic acids is 1. The Bertz CT molecular complexity index is 850. The van der Waals surface area contributed by atoms with Crippen LogP contribution in [0.3, 0.4) is 0 Å². The molecule has 0 radical (unpaired) electrons. The van der Waals surface area contributed by atoms with E-state index < -0.39 is 0 Å². The van der Waals surface area contributed by atoms with E-state index in [0.29, 0.717) is 40.0 Å². The Morgan fingerprint density at radius 1 is 0.786 bits per heavy atom. The molecule has 1 N–H and O–H groups in total. The maximum Gasteiger partial charge on any atom is 0.203 e. The zero-order chi connectivity index (χ0) is 20.7. The van der Waals surface area contributed by atoms with Crippen molar-refractivity contribution in [2.75, 3.05) is 40.9 Å². The molecular weight excluding hydrogens is 362 g/mol. The van der Waals surface area contributed by atoms with Crippen LogP contribution in [0.25, 0.3) is 0 Å². The molecule has 0 saturated carbocycles. The third-order valence-electron chi connectivity index (χ3n) is 4.02. The zero-order valence-corrected chi connectivity index (χ0v) is 16.9. The summed E-state index contributed by atoms with van der Waals surface area (Å²) in [4.78, 5) is 12.7. The molecule has 0 spiro atoms. The lowest BCUT2D eigenvalue weighted by atomic mass is 10.1. The highest BCUT2D eigenvalue weighted by Gasteiger charge is 2.16. The monoisotopic (exact) mass is 387 g/mol. The highest BCUT2D eigenvalue weighted by atomic mass is 16.5. The standard InChI is InChI=1S/C21H25NO6/c1-13(22-15-7-8-17(24-2)18(12-15)25-3)9-16(23)14-10-19(26-4)21(28-6)20(11-14)27-5/h7-12,22H,1-6H3/b13-9+. The Morgan fingerprint density at radius 3 is 1.86 bits per heavy atom. The molecule has 2 aromatic carbocycles. The molecule has 0 atom stereocenters. The fourth-order valence-corrected chi connectivity index (χ4v) is 2.68. The van der Waals surface area contributed by atoms with E-state index in [9.17, 15) is 4.79 Å². The minimum absolute atomic E-state index is 0.204. The van der Waals surface area contributed by atoms with Gasteiger partial charge in [-0.15, -0.1) is 0 Å². The molecule has 7 nitrogen and oxygen atoms in total. The number of methoxy groups -OCH3 is 5. The molecule has 0 aliphatic heterocycles. The van der Waals surface area contributed by atoms with E-state index in [1.807, 2.05) is 6.07 Å². The van der Waals surface area contributed by atoms with Crippen LogP contribution in [-0.2, 0) is 0 Å². The number of nitrogens with one attached hydrogen (secondary N) is 1. The molecule has 2 aromatic rings. The molecule has 0 bridgehead atoms. The molecule has 0 saturated heterocycles. The van der Waals surface area contributed by atoms with Gasteiger partial charge in [-0.1, -0.05) is 0 Å². The molecule has 28 heavy (non-hydrogen) atoms. The maximum absolute atomic E-state index is 12.7. The summed E-state index contributed by atoms with van der Waals surface area (Å²) in [6.45, 7) is 1.80. The summed E-state index contributed by atoms with van der Waals surface area (Å²) >= 11 is 0. The Balaban J connectivity index is 2.26. The van der Waals surface area contributed by atoms with Crippen molar-refractivity contribution in [2.24, 2.45) is 0 Å². The maximum atomic E-state index is 12.7. The average molecular weight is 387 g/mol. The van der Waals surface area contributed by atoms with Gasteiger partial charge in [-0.05, 0) is 31.2 Å². The SMILES string of the molecule is COc1ccc(N/C(C)=C/C(=O)c2cc(OC)c(OC)c(OC)c2)cc1OC. The number of carbonyl (C=O) groups is 1. The van der Waals surface area contributed by atoms with Crippen LogP contribution in [0.5, 0.6) is 28.7 Å². The normalized spacial score (nSPS) is 10.9. The second-order valence-electron chi connectivity index (χ2n) is 5.80. The first-order chi connectivity index (χ1) is 13.5. The number of ether oxygens (including phenoxy) is 5. The molecule has 2 rings (SSSR count). The number of rotatable bonds is 9. The third-order valence-corrected chi connectivity index (χ3v) is 4.02. The van der Waals surface area contributed by atoms with Crippen LogP contribution >= 0.6 is 0 Å². The first-order valence-corrected chi connectivity index (χ1v) is 8.49. The fraction of sp³-hybridized carbons (Fsp3) is 0.286. The number of allylic oxidation sites excluding steroid dienone is 2. The summed E-state index contributed by atoms with van der Waals surface area (Å²) in [5, 5.41) is 3.17. The van der Waals surface area contributed by atoms with Crippen molar-refractivity contribution in [1.29, 1.82) is 0 Å². The summed E-state index contributed by atoms with van der Waals surface area (Å²) in [5.74, 6) is 2.29. The lowest BCUT2D eigenvalue weighted by molar-refractivity contribution is 0.104. The first kappa shape index (κ1) is 21.0. The zero-order valence-electron chi connectivity index (χ0n) is 16.9. The van der Waals surface area contributed by atoms with Gasteiger partial charge in [0, 0.05) is 29.1 Å². The molecule has 0 heterocycles. The van der Waals surface area contributed by atoms with Crippen molar-refractivity contribution in [3.8, 4) is 28.7 Å². The highest BCUT2D eigenvalue weighted by molar-refractivity contribution is 6.06. The van der Waals surface area contributed by atoms with Gasteiger partial charge in [0.1, 0.15) is 0 Å². The van der Waals surface area contributed by atoms with Crippen molar-refractivity contribution in [2.45, 2.75) is 6.92 Å².